The molecule has 17 heavy (non-hydrogen) atoms. The zero-order chi connectivity index (χ0) is 12.7. The molecule has 0 heterocycles. The van der Waals surface area contributed by atoms with E-state index in [1.807, 2.05) is 31.2 Å². The van der Waals surface area contributed by atoms with Crippen molar-refractivity contribution in [2.75, 3.05) is 6.54 Å². The summed E-state index contributed by atoms with van der Waals surface area (Å²) in [6, 6.07) is 7.75. The van der Waals surface area contributed by atoms with Gasteiger partial charge >= 0.3 is 5.97 Å². The van der Waals surface area contributed by atoms with Crippen LogP contribution in [0.2, 0.25) is 0 Å². The third-order valence-electron chi connectivity index (χ3n) is 2.11. The number of amides is 1. The Hall–Kier alpha value is -2.10. The largest absolute Gasteiger partial charge is 0.481 e. The van der Waals surface area contributed by atoms with Crippen molar-refractivity contribution < 1.29 is 14.7 Å². The summed E-state index contributed by atoms with van der Waals surface area (Å²) in [5.41, 5.74) is 2.07. The summed E-state index contributed by atoms with van der Waals surface area (Å²) in [5.74, 6) is -1.21. The van der Waals surface area contributed by atoms with Crippen molar-refractivity contribution in [1.29, 1.82) is 0 Å². The summed E-state index contributed by atoms with van der Waals surface area (Å²) >= 11 is 0. The highest BCUT2D eigenvalue weighted by molar-refractivity contribution is 5.91. The van der Waals surface area contributed by atoms with Crippen molar-refractivity contribution >= 4 is 18.0 Å². The van der Waals surface area contributed by atoms with E-state index in [1.165, 1.54) is 6.08 Å². The van der Waals surface area contributed by atoms with Crippen LogP contribution >= 0.6 is 0 Å². The van der Waals surface area contributed by atoms with Gasteiger partial charge in [-0.05, 0) is 18.6 Å². The van der Waals surface area contributed by atoms with Gasteiger partial charge in [0.05, 0.1) is 6.42 Å². The molecule has 0 spiro atoms. The van der Waals surface area contributed by atoms with Crippen LogP contribution in [0.25, 0.3) is 6.08 Å². The number of hydrogen-bond donors (Lipinski definition) is 2. The van der Waals surface area contributed by atoms with Crippen LogP contribution in [0.4, 0.5) is 0 Å². The standard InChI is InChI=1S/C13H15NO3/c1-10-3-2-4-11(9-10)5-6-12(15)14-8-7-13(16)17/h2-6,9H,7-8H2,1H3,(H,14,15)(H,16,17)/b6-5+. The first-order chi connectivity index (χ1) is 8.08. The number of carbonyl (C=O) groups excluding carboxylic acids is 1. The molecular formula is C13H15NO3. The van der Waals surface area contributed by atoms with E-state index in [0.717, 1.165) is 11.1 Å². The highest BCUT2D eigenvalue weighted by Gasteiger charge is 1.98. The molecule has 4 nitrogen and oxygen atoms in total. The van der Waals surface area contributed by atoms with Crippen molar-refractivity contribution in [2.24, 2.45) is 0 Å². The molecule has 1 rings (SSSR count). The number of nitrogens with one attached hydrogen (secondary N) is 1. The Balaban J connectivity index is 2.43. The molecule has 0 saturated carbocycles. The first kappa shape index (κ1) is 13.0. The number of rotatable bonds is 5. The molecule has 0 fully saturated rings. The number of hydrogen-bond acceptors (Lipinski definition) is 2. The molecule has 0 unspecified atom stereocenters. The van der Waals surface area contributed by atoms with Crippen molar-refractivity contribution in [3.63, 3.8) is 0 Å². The minimum Gasteiger partial charge on any atom is -0.481 e. The van der Waals surface area contributed by atoms with Crippen LogP contribution in [0.3, 0.4) is 0 Å². The molecule has 0 saturated heterocycles. The topological polar surface area (TPSA) is 66.4 Å². The van der Waals surface area contributed by atoms with E-state index in [2.05, 4.69) is 5.32 Å². The Morgan fingerprint density at radius 1 is 1.41 bits per heavy atom. The zero-order valence-electron chi connectivity index (χ0n) is 9.64. The van der Waals surface area contributed by atoms with Gasteiger partial charge in [-0.15, -0.1) is 0 Å². The number of aliphatic carboxylic acids is 1. The van der Waals surface area contributed by atoms with Gasteiger partial charge in [0, 0.05) is 12.6 Å². The van der Waals surface area contributed by atoms with Gasteiger partial charge in [0.2, 0.25) is 5.91 Å². The number of aryl methyl sites for hydroxylation is 1. The molecule has 1 aromatic carbocycles. The molecule has 4 heteroatoms. The van der Waals surface area contributed by atoms with Crippen molar-refractivity contribution in [3.8, 4) is 0 Å². The first-order valence-corrected chi connectivity index (χ1v) is 5.32. The zero-order valence-corrected chi connectivity index (χ0v) is 9.64. The second kappa shape index (κ2) is 6.48. The van der Waals surface area contributed by atoms with Crippen LogP contribution in [0, 0.1) is 6.92 Å². The average Bonchev–Trinajstić information content (AvgIpc) is 2.26. The molecule has 2 N–H and O–H groups in total. The summed E-state index contributed by atoms with van der Waals surface area (Å²) < 4.78 is 0. The molecule has 0 aliphatic carbocycles. The van der Waals surface area contributed by atoms with Crippen molar-refractivity contribution in [2.45, 2.75) is 13.3 Å². The van der Waals surface area contributed by atoms with Gasteiger partial charge in [0.15, 0.2) is 0 Å². The minimum atomic E-state index is -0.923. The molecule has 0 atom stereocenters. The predicted molar refractivity (Wildman–Crippen MR) is 65.5 cm³/mol. The Labute approximate surface area is 100.0 Å². The number of carboxylic acids is 1. The third kappa shape index (κ3) is 5.51. The van der Waals surface area contributed by atoms with Crippen LogP contribution in [-0.4, -0.2) is 23.5 Å². The van der Waals surface area contributed by atoms with Gasteiger partial charge < -0.3 is 10.4 Å². The molecule has 1 amide bonds. The Bertz CT molecular complexity index is 438. The minimum absolute atomic E-state index is 0.0655. The van der Waals surface area contributed by atoms with Crippen LogP contribution in [0.15, 0.2) is 30.3 Å². The van der Waals surface area contributed by atoms with Crippen LogP contribution in [-0.2, 0) is 9.59 Å². The lowest BCUT2D eigenvalue weighted by Gasteiger charge is -1.99. The molecule has 90 valence electrons. The van der Waals surface area contributed by atoms with Crippen LogP contribution in [0.5, 0.6) is 0 Å². The first-order valence-electron chi connectivity index (χ1n) is 5.32. The third-order valence-corrected chi connectivity index (χ3v) is 2.11. The molecular weight excluding hydrogens is 218 g/mol. The Kier molecular flexibility index (Phi) is 4.94. The van der Waals surface area contributed by atoms with E-state index >= 15 is 0 Å². The van der Waals surface area contributed by atoms with Crippen LogP contribution in [0.1, 0.15) is 17.5 Å². The predicted octanol–water partition coefficient (Wildman–Crippen LogP) is 1.60. The van der Waals surface area contributed by atoms with E-state index in [-0.39, 0.29) is 18.9 Å². The lowest BCUT2D eigenvalue weighted by Crippen LogP contribution is -2.23. The fraction of sp³-hybridized carbons (Fsp3) is 0.231. The smallest absolute Gasteiger partial charge is 0.305 e. The number of benzene rings is 1. The SMILES string of the molecule is Cc1cccc(/C=C/C(=O)NCCC(=O)O)c1. The van der Waals surface area contributed by atoms with E-state index in [0.29, 0.717) is 0 Å². The maximum Gasteiger partial charge on any atom is 0.305 e. The van der Waals surface area contributed by atoms with Gasteiger partial charge in [-0.2, -0.15) is 0 Å². The van der Waals surface area contributed by atoms with Gasteiger partial charge in [-0.3, -0.25) is 9.59 Å². The van der Waals surface area contributed by atoms with E-state index < -0.39 is 5.97 Å². The van der Waals surface area contributed by atoms with Gasteiger partial charge in [-0.1, -0.05) is 29.8 Å². The van der Waals surface area contributed by atoms with Crippen molar-refractivity contribution in [3.05, 3.63) is 41.5 Å². The second-order valence-corrected chi connectivity index (χ2v) is 3.68. The van der Waals surface area contributed by atoms with Gasteiger partial charge in [0.1, 0.15) is 0 Å². The fourth-order valence-corrected chi connectivity index (χ4v) is 1.30. The van der Waals surface area contributed by atoms with E-state index in [4.69, 9.17) is 5.11 Å². The Morgan fingerprint density at radius 2 is 2.18 bits per heavy atom. The molecule has 0 aliphatic heterocycles. The average molecular weight is 233 g/mol. The highest BCUT2D eigenvalue weighted by Crippen LogP contribution is 2.05. The summed E-state index contributed by atoms with van der Waals surface area (Å²) in [4.78, 5) is 21.5. The number of carbonyl (C=O) groups is 2. The molecule has 0 aromatic heterocycles. The second-order valence-electron chi connectivity index (χ2n) is 3.68. The summed E-state index contributed by atoms with van der Waals surface area (Å²) in [6.07, 6.45) is 3.03. The maximum absolute atomic E-state index is 11.3. The summed E-state index contributed by atoms with van der Waals surface area (Å²) in [7, 11) is 0. The monoisotopic (exact) mass is 233 g/mol. The molecule has 1 aromatic rings. The van der Waals surface area contributed by atoms with Gasteiger partial charge in [0.25, 0.3) is 0 Å². The maximum atomic E-state index is 11.3. The lowest BCUT2D eigenvalue weighted by atomic mass is 10.1. The van der Waals surface area contributed by atoms with E-state index in [1.54, 1.807) is 6.08 Å². The van der Waals surface area contributed by atoms with Crippen molar-refractivity contribution in [1.82, 2.24) is 5.32 Å². The highest BCUT2D eigenvalue weighted by atomic mass is 16.4. The molecule has 0 radical (unpaired) electrons. The summed E-state index contributed by atoms with van der Waals surface area (Å²) in [5, 5.41) is 10.9. The number of carboxylic acid groups (broad SMARTS) is 1. The molecule has 0 bridgehead atoms. The molecule has 0 aliphatic rings. The quantitative estimate of drug-likeness (QED) is 0.759. The normalized spacial score (nSPS) is 10.4. The fourth-order valence-electron chi connectivity index (χ4n) is 1.30. The van der Waals surface area contributed by atoms with E-state index in [9.17, 15) is 9.59 Å². The van der Waals surface area contributed by atoms with Crippen LogP contribution < -0.4 is 5.32 Å². The van der Waals surface area contributed by atoms with Gasteiger partial charge in [-0.25, -0.2) is 0 Å². The Morgan fingerprint density at radius 3 is 2.82 bits per heavy atom. The lowest BCUT2D eigenvalue weighted by molar-refractivity contribution is -0.136. The summed E-state index contributed by atoms with van der Waals surface area (Å²) in [6.45, 7) is 2.12.